The van der Waals surface area contributed by atoms with Crippen LogP contribution in [0.2, 0.25) is 0 Å². The molecule has 1 saturated carbocycles. The predicted octanol–water partition coefficient (Wildman–Crippen LogP) is 0.541. The number of rotatable bonds is 3. The maximum atomic E-state index is 5.62. The molecule has 0 amide bonds. The van der Waals surface area contributed by atoms with Gasteiger partial charge in [0.1, 0.15) is 6.10 Å². The van der Waals surface area contributed by atoms with Gasteiger partial charge in [-0.05, 0) is 12.3 Å². The van der Waals surface area contributed by atoms with E-state index in [1.54, 1.807) is 12.1 Å². The molecule has 0 spiro atoms. The Morgan fingerprint density at radius 2 is 2.23 bits per heavy atom. The van der Waals surface area contributed by atoms with Crippen LogP contribution in [0.3, 0.4) is 0 Å². The second-order valence-corrected chi connectivity index (χ2v) is 3.88. The summed E-state index contributed by atoms with van der Waals surface area (Å²) in [5, 5.41) is 5.96. The van der Waals surface area contributed by atoms with E-state index in [2.05, 4.69) is 5.10 Å². The van der Waals surface area contributed by atoms with E-state index in [0.717, 1.165) is 0 Å². The van der Waals surface area contributed by atoms with Crippen LogP contribution >= 0.6 is 0 Å². The van der Waals surface area contributed by atoms with Crippen molar-refractivity contribution >= 4 is 6.21 Å². The molecule has 0 N–H and O–H groups in total. The van der Waals surface area contributed by atoms with Gasteiger partial charge >= 0.3 is 0 Å². The highest BCUT2D eigenvalue weighted by atomic mass is 16.7. The summed E-state index contributed by atoms with van der Waals surface area (Å²) in [7, 11) is 5.51. The highest BCUT2D eigenvalue weighted by Gasteiger charge is 2.55. The predicted molar refractivity (Wildman–Crippen MR) is 49.4 cm³/mol. The Labute approximate surface area is 78.5 Å². The molecule has 1 aliphatic heterocycles. The molecular weight excluding hydrogens is 168 g/mol. The van der Waals surface area contributed by atoms with Crippen molar-refractivity contribution in [1.29, 1.82) is 0 Å². The molecule has 1 heterocycles. The molecule has 0 aromatic heterocycles. The van der Waals surface area contributed by atoms with E-state index in [1.165, 1.54) is 6.42 Å². The minimum atomic E-state index is 0.00334. The van der Waals surface area contributed by atoms with Crippen molar-refractivity contribution in [3.8, 4) is 0 Å². The first-order valence-corrected chi connectivity index (χ1v) is 4.62. The third kappa shape index (κ3) is 1.69. The summed E-state index contributed by atoms with van der Waals surface area (Å²) in [6.45, 7) is 0. The topological polar surface area (TPSA) is 34.1 Å². The average molecular weight is 184 g/mol. The summed E-state index contributed by atoms with van der Waals surface area (Å²) >= 11 is 0. The van der Waals surface area contributed by atoms with Crippen molar-refractivity contribution in [2.24, 2.45) is 16.9 Å². The Kier molecular flexibility index (Phi) is 2.26. The first-order chi connectivity index (χ1) is 6.22. The van der Waals surface area contributed by atoms with Gasteiger partial charge in [-0.2, -0.15) is 5.10 Å². The largest absolute Gasteiger partial charge is 0.356 e. The molecule has 1 aliphatic carbocycles. The van der Waals surface area contributed by atoms with Gasteiger partial charge in [0, 0.05) is 27.1 Å². The van der Waals surface area contributed by atoms with E-state index < -0.39 is 0 Å². The Hall–Kier alpha value is -0.610. The smallest absolute Gasteiger partial charge is 0.161 e. The van der Waals surface area contributed by atoms with Gasteiger partial charge < -0.3 is 14.5 Å². The summed E-state index contributed by atoms with van der Waals surface area (Å²) in [6, 6.07) is 0. The van der Waals surface area contributed by atoms with E-state index >= 15 is 0 Å². The molecule has 2 aliphatic rings. The molecule has 0 aromatic rings. The third-order valence-corrected chi connectivity index (χ3v) is 2.63. The zero-order chi connectivity index (χ0) is 9.42. The maximum absolute atomic E-state index is 5.62. The molecule has 4 nitrogen and oxygen atoms in total. The molecule has 4 heteroatoms. The van der Waals surface area contributed by atoms with Crippen molar-refractivity contribution in [3.05, 3.63) is 0 Å². The summed E-state index contributed by atoms with van der Waals surface area (Å²) in [4.78, 5) is 0. The standard InChI is InChI=1S/C9H16N2O2/c1-11(2)10-5-8-6-4-7(6)9(12-3)13-8/h5-9H,4H2,1-3H3/b10-5+/t6-,7+,8+,9+/m0/s1. The number of ether oxygens (including phenoxy) is 2. The fraction of sp³-hybridized carbons (Fsp3) is 0.889. The lowest BCUT2D eigenvalue weighted by Gasteiger charge is -2.13. The third-order valence-electron chi connectivity index (χ3n) is 2.63. The quantitative estimate of drug-likeness (QED) is 0.474. The zero-order valence-electron chi connectivity index (χ0n) is 8.30. The molecule has 74 valence electrons. The van der Waals surface area contributed by atoms with Crippen LogP contribution in [0.25, 0.3) is 0 Å². The lowest BCUT2D eigenvalue weighted by Crippen LogP contribution is -2.20. The van der Waals surface area contributed by atoms with Crippen LogP contribution in [0, 0.1) is 11.8 Å². The minimum Gasteiger partial charge on any atom is -0.356 e. The van der Waals surface area contributed by atoms with Crippen molar-refractivity contribution in [1.82, 2.24) is 5.01 Å². The molecule has 1 saturated heterocycles. The van der Waals surface area contributed by atoms with Gasteiger partial charge in [0.2, 0.25) is 0 Å². The number of fused-ring (bicyclic) bond motifs is 1. The molecule has 4 atom stereocenters. The first-order valence-electron chi connectivity index (χ1n) is 4.62. The van der Waals surface area contributed by atoms with Crippen LogP contribution < -0.4 is 0 Å². The summed E-state index contributed by atoms with van der Waals surface area (Å²) in [5.41, 5.74) is 0. The van der Waals surface area contributed by atoms with Gasteiger partial charge in [0.25, 0.3) is 0 Å². The lowest BCUT2D eigenvalue weighted by atomic mass is 10.2. The monoisotopic (exact) mass is 184 g/mol. The SMILES string of the molecule is CO[C@@H]1O[C@H](/C=N/N(C)C)[C@H]2C[C@@H]12. The van der Waals surface area contributed by atoms with Crippen LogP contribution in [0.1, 0.15) is 6.42 Å². The van der Waals surface area contributed by atoms with Gasteiger partial charge in [-0.3, -0.25) is 0 Å². The van der Waals surface area contributed by atoms with E-state index in [9.17, 15) is 0 Å². The van der Waals surface area contributed by atoms with E-state index in [0.29, 0.717) is 11.8 Å². The van der Waals surface area contributed by atoms with Gasteiger partial charge in [-0.1, -0.05) is 0 Å². The number of hydrogen-bond acceptors (Lipinski definition) is 4. The summed E-state index contributed by atoms with van der Waals surface area (Å²) < 4.78 is 10.8. The molecular formula is C9H16N2O2. The van der Waals surface area contributed by atoms with Crippen molar-refractivity contribution < 1.29 is 9.47 Å². The second kappa shape index (κ2) is 3.27. The molecule has 0 bridgehead atoms. The highest BCUT2D eigenvalue weighted by molar-refractivity contribution is 5.64. The first kappa shape index (κ1) is 8.97. The van der Waals surface area contributed by atoms with Crippen molar-refractivity contribution in [2.75, 3.05) is 21.2 Å². The number of nitrogens with zero attached hydrogens (tertiary/aromatic N) is 2. The minimum absolute atomic E-state index is 0.00334. The molecule has 0 unspecified atom stereocenters. The number of hydrazone groups is 1. The normalized spacial score (nSPS) is 42.4. The molecule has 0 radical (unpaired) electrons. The van der Waals surface area contributed by atoms with Gasteiger partial charge in [-0.25, -0.2) is 0 Å². The van der Waals surface area contributed by atoms with Gasteiger partial charge in [0.05, 0.1) is 6.21 Å². The van der Waals surface area contributed by atoms with Crippen LogP contribution in [-0.2, 0) is 9.47 Å². The molecule has 2 fully saturated rings. The Morgan fingerprint density at radius 1 is 1.46 bits per heavy atom. The zero-order valence-corrected chi connectivity index (χ0v) is 8.30. The molecule has 0 aromatic carbocycles. The Morgan fingerprint density at radius 3 is 2.77 bits per heavy atom. The Bertz CT molecular complexity index is 218. The molecule has 2 rings (SSSR count). The number of hydrogen-bond donors (Lipinski definition) is 0. The van der Waals surface area contributed by atoms with Crippen LogP contribution in [-0.4, -0.2) is 44.8 Å². The van der Waals surface area contributed by atoms with Crippen molar-refractivity contribution in [2.45, 2.75) is 18.8 Å². The molecule has 13 heavy (non-hydrogen) atoms. The maximum Gasteiger partial charge on any atom is 0.161 e. The van der Waals surface area contributed by atoms with Gasteiger partial charge in [-0.15, -0.1) is 0 Å². The van der Waals surface area contributed by atoms with Crippen LogP contribution in [0.4, 0.5) is 0 Å². The van der Waals surface area contributed by atoms with E-state index in [4.69, 9.17) is 9.47 Å². The highest BCUT2D eigenvalue weighted by Crippen LogP contribution is 2.51. The van der Waals surface area contributed by atoms with Gasteiger partial charge in [0.15, 0.2) is 6.29 Å². The van der Waals surface area contributed by atoms with Crippen LogP contribution in [0.15, 0.2) is 5.10 Å². The van der Waals surface area contributed by atoms with E-state index in [-0.39, 0.29) is 12.4 Å². The van der Waals surface area contributed by atoms with Crippen LogP contribution in [0.5, 0.6) is 0 Å². The fourth-order valence-electron chi connectivity index (χ4n) is 1.86. The fourth-order valence-corrected chi connectivity index (χ4v) is 1.86. The summed E-state index contributed by atoms with van der Waals surface area (Å²) in [6.07, 6.45) is 3.27. The van der Waals surface area contributed by atoms with E-state index in [1.807, 2.05) is 20.3 Å². The Balaban J connectivity index is 1.89. The average Bonchev–Trinajstić information content (AvgIpc) is 2.80. The second-order valence-electron chi connectivity index (χ2n) is 3.88. The lowest BCUT2D eigenvalue weighted by molar-refractivity contribution is -0.120. The number of methoxy groups -OCH3 is 1. The van der Waals surface area contributed by atoms with Crippen molar-refractivity contribution in [3.63, 3.8) is 0 Å². The summed E-state index contributed by atoms with van der Waals surface area (Å²) in [5.74, 6) is 1.26.